The summed E-state index contributed by atoms with van der Waals surface area (Å²) in [6.07, 6.45) is 6.64. The van der Waals surface area contributed by atoms with Gasteiger partial charge in [-0.25, -0.2) is 4.39 Å². The number of benzene rings is 1. The predicted molar refractivity (Wildman–Crippen MR) is 78.4 cm³/mol. The van der Waals surface area contributed by atoms with Gasteiger partial charge in [-0.1, -0.05) is 25.0 Å². The van der Waals surface area contributed by atoms with Crippen molar-refractivity contribution in [2.45, 2.75) is 56.6 Å². The zero-order valence-electron chi connectivity index (χ0n) is 12.2. The van der Waals surface area contributed by atoms with Crippen molar-refractivity contribution in [1.82, 2.24) is 5.32 Å². The first-order valence-corrected chi connectivity index (χ1v) is 7.83. The highest BCUT2D eigenvalue weighted by Gasteiger charge is 2.42. The van der Waals surface area contributed by atoms with Crippen molar-refractivity contribution in [2.24, 2.45) is 0 Å². The third-order valence-corrected chi connectivity index (χ3v) is 4.62. The maximum atomic E-state index is 13.1. The molecule has 1 spiro atoms. The number of aryl methyl sites for hydroxylation is 1. The second-order valence-corrected chi connectivity index (χ2v) is 6.30. The Hall–Kier alpha value is -1.42. The molecule has 2 aliphatic rings. The van der Waals surface area contributed by atoms with Gasteiger partial charge in [0.1, 0.15) is 5.82 Å². The average Bonchev–Trinajstić information content (AvgIpc) is 3.07. The van der Waals surface area contributed by atoms with E-state index in [2.05, 4.69) is 5.32 Å². The Labute approximate surface area is 124 Å². The van der Waals surface area contributed by atoms with E-state index in [-0.39, 0.29) is 23.4 Å². The Morgan fingerprint density at radius 2 is 2.19 bits per heavy atom. The molecule has 1 N–H and O–H groups in total. The molecule has 1 aliphatic carbocycles. The van der Waals surface area contributed by atoms with E-state index in [1.165, 1.54) is 25.0 Å². The minimum Gasteiger partial charge on any atom is -0.373 e. The van der Waals surface area contributed by atoms with Gasteiger partial charge in [-0.15, -0.1) is 0 Å². The van der Waals surface area contributed by atoms with Crippen LogP contribution in [0.3, 0.4) is 0 Å². The first-order valence-electron chi connectivity index (χ1n) is 7.83. The number of amides is 1. The smallest absolute Gasteiger partial charge is 0.220 e. The lowest BCUT2D eigenvalue weighted by Gasteiger charge is -2.21. The van der Waals surface area contributed by atoms with Crippen LogP contribution in [0.1, 0.15) is 44.1 Å². The fourth-order valence-corrected chi connectivity index (χ4v) is 3.55. The fraction of sp³-hybridized carbons (Fsp3) is 0.588. The topological polar surface area (TPSA) is 38.3 Å². The van der Waals surface area contributed by atoms with E-state index < -0.39 is 0 Å². The second-order valence-electron chi connectivity index (χ2n) is 6.30. The number of carbonyl (C=O) groups excluding carboxylic acids is 1. The van der Waals surface area contributed by atoms with Crippen LogP contribution in [0.4, 0.5) is 4.39 Å². The molecule has 4 heteroatoms. The third-order valence-electron chi connectivity index (χ3n) is 4.62. The molecule has 2 fully saturated rings. The highest BCUT2D eigenvalue weighted by molar-refractivity contribution is 5.76. The van der Waals surface area contributed by atoms with E-state index in [1.54, 1.807) is 6.07 Å². The van der Waals surface area contributed by atoms with Crippen molar-refractivity contribution >= 4 is 5.91 Å². The molecule has 1 heterocycles. The van der Waals surface area contributed by atoms with Crippen molar-refractivity contribution in [3.05, 3.63) is 35.6 Å². The predicted octanol–water partition coefficient (Wildman–Crippen LogP) is 2.98. The standard InChI is InChI=1S/C17H22FNO2/c18-14-5-3-4-13(10-14)6-7-16(20)19-15-11-17(21-12-15)8-1-2-9-17/h3-5,10,15H,1-2,6-9,11-12H2,(H,19,20)/t15-/m1/s1. The zero-order chi connectivity index (χ0) is 14.7. The largest absolute Gasteiger partial charge is 0.373 e. The molecule has 1 amide bonds. The van der Waals surface area contributed by atoms with E-state index in [0.29, 0.717) is 19.4 Å². The van der Waals surface area contributed by atoms with Crippen molar-refractivity contribution in [3.8, 4) is 0 Å². The molecule has 0 bridgehead atoms. The van der Waals surface area contributed by atoms with E-state index in [9.17, 15) is 9.18 Å². The molecule has 1 aromatic carbocycles. The number of halogens is 1. The van der Waals surface area contributed by atoms with Crippen molar-refractivity contribution in [3.63, 3.8) is 0 Å². The SMILES string of the molecule is O=C(CCc1cccc(F)c1)N[C@H]1COC2(CCCC2)C1. The monoisotopic (exact) mass is 291 g/mol. The highest BCUT2D eigenvalue weighted by atomic mass is 19.1. The summed E-state index contributed by atoms with van der Waals surface area (Å²) in [4.78, 5) is 12.0. The zero-order valence-corrected chi connectivity index (χ0v) is 12.2. The molecule has 0 radical (unpaired) electrons. The molecule has 0 aromatic heterocycles. The quantitative estimate of drug-likeness (QED) is 0.926. The van der Waals surface area contributed by atoms with Gasteiger partial charge in [0.05, 0.1) is 18.2 Å². The molecule has 1 saturated heterocycles. The van der Waals surface area contributed by atoms with E-state index >= 15 is 0 Å². The van der Waals surface area contributed by atoms with E-state index in [4.69, 9.17) is 4.74 Å². The van der Waals surface area contributed by atoms with Gasteiger partial charge in [-0.3, -0.25) is 4.79 Å². The maximum absolute atomic E-state index is 13.1. The molecule has 3 nitrogen and oxygen atoms in total. The summed E-state index contributed by atoms with van der Waals surface area (Å²) >= 11 is 0. The van der Waals surface area contributed by atoms with Gasteiger partial charge in [-0.2, -0.15) is 0 Å². The van der Waals surface area contributed by atoms with Gasteiger partial charge in [0, 0.05) is 6.42 Å². The van der Waals surface area contributed by atoms with Gasteiger partial charge in [-0.05, 0) is 43.4 Å². The maximum Gasteiger partial charge on any atom is 0.220 e. The molecule has 114 valence electrons. The number of nitrogens with one attached hydrogen (secondary N) is 1. The van der Waals surface area contributed by atoms with Crippen LogP contribution in [0.25, 0.3) is 0 Å². The minimum absolute atomic E-state index is 0.0305. The number of hydrogen-bond donors (Lipinski definition) is 1. The van der Waals surface area contributed by atoms with Crippen molar-refractivity contribution < 1.29 is 13.9 Å². The Morgan fingerprint density at radius 3 is 2.95 bits per heavy atom. The first-order chi connectivity index (χ1) is 10.2. The first kappa shape index (κ1) is 14.5. The Kier molecular flexibility index (Phi) is 4.24. The van der Waals surface area contributed by atoms with Gasteiger partial charge in [0.15, 0.2) is 0 Å². The molecule has 21 heavy (non-hydrogen) atoms. The van der Waals surface area contributed by atoms with E-state index in [0.717, 1.165) is 24.8 Å². The van der Waals surface area contributed by atoms with E-state index in [1.807, 2.05) is 6.07 Å². The second kappa shape index (κ2) is 6.14. The molecule has 0 unspecified atom stereocenters. The summed E-state index contributed by atoms with van der Waals surface area (Å²) in [5.74, 6) is -0.219. The lowest BCUT2D eigenvalue weighted by molar-refractivity contribution is -0.121. The third kappa shape index (κ3) is 3.62. The molecule has 1 saturated carbocycles. The summed E-state index contributed by atoms with van der Waals surface area (Å²) in [5.41, 5.74) is 0.903. The van der Waals surface area contributed by atoms with Crippen molar-refractivity contribution in [2.75, 3.05) is 6.61 Å². The van der Waals surface area contributed by atoms with Crippen LogP contribution < -0.4 is 5.32 Å². The van der Waals surface area contributed by atoms with Gasteiger partial charge < -0.3 is 10.1 Å². The summed E-state index contributed by atoms with van der Waals surface area (Å²) in [6, 6.07) is 6.57. The van der Waals surface area contributed by atoms with Crippen LogP contribution in [0, 0.1) is 5.82 Å². The normalized spacial score (nSPS) is 23.6. The average molecular weight is 291 g/mol. The minimum atomic E-state index is -0.250. The molecule has 1 aliphatic heterocycles. The Morgan fingerprint density at radius 1 is 1.38 bits per heavy atom. The number of rotatable bonds is 4. The van der Waals surface area contributed by atoms with Crippen LogP contribution in [-0.4, -0.2) is 24.2 Å². The summed E-state index contributed by atoms with van der Waals surface area (Å²) in [7, 11) is 0. The molecular formula is C17H22FNO2. The fourth-order valence-electron chi connectivity index (χ4n) is 3.55. The lowest BCUT2D eigenvalue weighted by Crippen LogP contribution is -2.36. The Balaban J connectivity index is 1.44. The van der Waals surface area contributed by atoms with Crippen LogP contribution >= 0.6 is 0 Å². The summed E-state index contributed by atoms with van der Waals surface area (Å²) < 4.78 is 19.0. The lowest BCUT2D eigenvalue weighted by atomic mass is 9.96. The van der Waals surface area contributed by atoms with Crippen LogP contribution in [0.5, 0.6) is 0 Å². The highest BCUT2D eigenvalue weighted by Crippen LogP contribution is 2.40. The van der Waals surface area contributed by atoms with Gasteiger partial charge >= 0.3 is 0 Å². The Bertz CT molecular complexity index is 511. The van der Waals surface area contributed by atoms with Crippen molar-refractivity contribution in [1.29, 1.82) is 0 Å². The van der Waals surface area contributed by atoms with Gasteiger partial charge in [0.25, 0.3) is 0 Å². The number of ether oxygens (including phenoxy) is 1. The number of carbonyl (C=O) groups is 1. The van der Waals surface area contributed by atoms with Gasteiger partial charge in [0.2, 0.25) is 5.91 Å². The summed E-state index contributed by atoms with van der Waals surface area (Å²) in [6.45, 7) is 0.631. The molecule has 3 rings (SSSR count). The number of hydrogen-bond acceptors (Lipinski definition) is 2. The van der Waals surface area contributed by atoms with Crippen LogP contribution in [0.2, 0.25) is 0 Å². The molecular weight excluding hydrogens is 269 g/mol. The molecule has 1 aromatic rings. The molecule has 1 atom stereocenters. The van der Waals surface area contributed by atoms with Crippen LogP contribution in [-0.2, 0) is 16.0 Å². The summed E-state index contributed by atoms with van der Waals surface area (Å²) in [5, 5.41) is 3.06. The van der Waals surface area contributed by atoms with Crippen LogP contribution in [0.15, 0.2) is 24.3 Å².